The van der Waals surface area contributed by atoms with Gasteiger partial charge in [-0.15, -0.1) is 34.9 Å². The van der Waals surface area contributed by atoms with E-state index in [1.54, 1.807) is 5.56 Å². The molecule has 0 atom stereocenters. The van der Waals surface area contributed by atoms with E-state index in [2.05, 4.69) is 68.4 Å². The summed E-state index contributed by atoms with van der Waals surface area (Å²) in [5.74, 6) is 1.28. The summed E-state index contributed by atoms with van der Waals surface area (Å²) >= 11 is 0. The van der Waals surface area contributed by atoms with Crippen molar-refractivity contribution in [3.63, 3.8) is 0 Å². The van der Waals surface area contributed by atoms with Crippen LogP contribution in [0.3, 0.4) is 0 Å². The van der Waals surface area contributed by atoms with Gasteiger partial charge in [0.25, 0.3) is 0 Å². The smallest absolute Gasteiger partial charge is 0.162 e. The summed E-state index contributed by atoms with van der Waals surface area (Å²) < 4.78 is 0. The van der Waals surface area contributed by atoms with Gasteiger partial charge >= 0.3 is 0 Å². The molecule has 0 unspecified atom stereocenters. The summed E-state index contributed by atoms with van der Waals surface area (Å²) in [6.45, 7) is 12.3. The van der Waals surface area contributed by atoms with Gasteiger partial charge in [0.05, 0.1) is 5.76 Å². The summed E-state index contributed by atoms with van der Waals surface area (Å²) in [7, 11) is 0. The van der Waals surface area contributed by atoms with Crippen LogP contribution in [-0.4, -0.2) is 15.9 Å². The van der Waals surface area contributed by atoms with E-state index in [0.29, 0.717) is 5.41 Å². The minimum atomic E-state index is 0. The number of hydrogen-bond acceptors (Lipinski definition) is 3. The number of benzene rings is 3. The second kappa shape index (κ2) is 17.9. The number of fused-ring (bicyclic) bond motifs is 3. The molecular formula is C45H58IrNO2-. The Bertz CT molecular complexity index is 1700. The van der Waals surface area contributed by atoms with Gasteiger partial charge < -0.3 is 10.1 Å². The Kier molecular flexibility index (Phi) is 14.2. The van der Waals surface area contributed by atoms with Crippen molar-refractivity contribution in [2.24, 2.45) is 17.3 Å². The van der Waals surface area contributed by atoms with Crippen molar-refractivity contribution in [2.75, 3.05) is 0 Å². The molecule has 4 aromatic rings. The molecule has 2 fully saturated rings. The molecule has 1 spiro atoms. The minimum absolute atomic E-state index is 0. The molecule has 0 aliphatic heterocycles. The number of aromatic nitrogens is 1. The quantitative estimate of drug-likeness (QED) is 0.0791. The number of allylic oxidation sites excluding steroid dienone is 2. The first-order chi connectivity index (χ1) is 23.2. The van der Waals surface area contributed by atoms with E-state index in [1.807, 2.05) is 33.9 Å². The van der Waals surface area contributed by atoms with Crippen molar-refractivity contribution in [1.29, 1.82) is 0 Å². The summed E-state index contributed by atoms with van der Waals surface area (Å²) in [6, 6.07) is 21.9. The van der Waals surface area contributed by atoms with Crippen molar-refractivity contribution in [3.8, 4) is 11.3 Å². The summed E-state index contributed by atoms with van der Waals surface area (Å²) in [5, 5.41) is 15.0. The zero-order valence-electron chi connectivity index (χ0n) is 30.8. The van der Waals surface area contributed by atoms with Gasteiger partial charge in [0.1, 0.15) is 0 Å². The summed E-state index contributed by atoms with van der Waals surface area (Å²) in [5.41, 5.74) is 6.79. The minimum Gasteiger partial charge on any atom is -0.512 e. The van der Waals surface area contributed by atoms with Gasteiger partial charge in [0.2, 0.25) is 0 Å². The average molecular weight is 837 g/mol. The molecule has 0 bridgehead atoms. The molecule has 3 aromatic carbocycles. The second-order valence-electron chi connectivity index (χ2n) is 14.9. The van der Waals surface area contributed by atoms with Crippen molar-refractivity contribution in [1.82, 2.24) is 4.98 Å². The van der Waals surface area contributed by atoms with Crippen LogP contribution >= 0.6 is 0 Å². The van der Waals surface area contributed by atoms with Gasteiger partial charge in [-0.3, -0.25) is 4.79 Å². The number of aliphatic hydroxyl groups is 1. The third-order valence-corrected chi connectivity index (χ3v) is 11.7. The first-order valence-electron chi connectivity index (χ1n) is 19.0. The molecule has 49 heavy (non-hydrogen) atoms. The number of aryl methyl sites for hydroxylation is 2. The van der Waals surface area contributed by atoms with E-state index in [0.717, 1.165) is 48.4 Å². The van der Waals surface area contributed by atoms with E-state index in [1.165, 1.54) is 91.0 Å². The van der Waals surface area contributed by atoms with Crippen LogP contribution in [-0.2, 0) is 24.9 Å². The number of aliphatic hydroxyl groups excluding tert-OH is 1. The number of carbonyl (C=O) groups is 1. The maximum absolute atomic E-state index is 11.7. The molecule has 6 rings (SSSR count). The number of ketones is 1. The van der Waals surface area contributed by atoms with E-state index in [4.69, 9.17) is 4.98 Å². The molecule has 265 valence electrons. The van der Waals surface area contributed by atoms with E-state index in [9.17, 15) is 9.90 Å². The normalized spacial score (nSPS) is 16.5. The Labute approximate surface area is 309 Å². The monoisotopic (exact) mass is 837 g/mol. The fourth-order valence-corrected chi connectivity index (χ4v) is 8.65. The van der Waals surface area contributed by atoms with Gasteiger partial charge in [0, 0.05) is 44.2 Å². The number of hydrogen-bond donors (Lipinski definition) is 1. The third kappa shape index (κ3) is 9.30. The number of rotatable bonds is 9. The predicted molar refractivity (Wildman–Crippen MR) is 204 cm³/mol. The van der Waals surface area contributed by atoms with E-state index < -0.39 is 0 Å². The van der Waals surface area contributed by atoms with Gasteiger partial charge in [0.15, 0.2) is 5.78 Å². The first-order valence-corrected chi connectivity index (χ1v) is 19.0. The molecule has 1 radical (unpaired) electrons. The molecule has 0 amide bonds. The van der Waals surface area contributed by atoms with Crippen LogP contribution in [0.5, 0.6) is 0 Å². The van der Waals surface area contributed by atoms with Gasteiger partial charge in [-0.05, 0) is 114 Å². The van der Waals surface area contributed by atoms with Crippen LogP contribution in [0.4, 0.5) is 0 Å². The van der Waals surface area contributed by atoms with Crippen molar-refractivity contribution in [2.45, 2.75) is 131 Å². The van der Waals surface area contributed by atoms with E-state index in [-0.39, 0.29) is 43.5 Å². The predicted octanol–water partition coefficient (Wildman–Crippen LogP) is 12.9. The molecule has 0 saturated heterocycles. The van der Waals surface area contributed by atoms with Crippen molar-refractivity contribution < 1.29 is 30.0 Å². The Hall–Kier alpha value is -2.81. The zero-order valence-corrected chi connectivity index (χ0v) is 33.2. The Balaban J connectivity index is 0.000000290. The molecule has 2 aliphatic carbocycles. The van der Waals surface area contributed by atoms with Crippen LogP contribution < -0.4 is 0 Å². The molecule has 1 heterocycles. The SMILES string of the molecule is CCC(CC)C(=O)/C=C(\O)C(CC)CC.Cc1[c-]c(-c2nccc3c2ccc2cc(C4CCC5(CCCCC5)CC4)ccc23)cc(C)c1.[Ir]. The Morgan fingerprint density at radius 2 is 1.49 bits per heavy atom. The standard InChI is InChI=1S/C32H34N.C13H24O2.Ir/c1-22-18-23(2)20-27(19-22)31-30-9-7-26-21-25(6-8-28(26)29(30)12-17-33-31)24-10-15-32(16-11-24)13-4-3-5-14-32;1-5-10(6-2)12(14)9-13(15)11(7-3)8-4;/h6-9,12,17-19,21,24H,3-5,10-11,13-16H2,1-2H3;9-11,14H,5-8H2,1-4H3;/q-1;;/b;12-9-;. The van der Waals surface area contributed by atoms with Crippen molar-refractivity contribution >= 4 is 27.3 Å². The van der Waals surface area contributed by atoms with E-state index >= 15 is 0 Å². The van der Waals surface area contributed by atoms with Gasteiger partial charge in [-0.25, -0.2) is 0 Å². The maximum Gasteiger partial charge on any atom is 0.162 e. The van der Waals surface area contributed by atoms with Crippen LogP contribution in [0.2, 0.25) is 0 Å². The largest absolute Gasteiger partial charge is 0.512 e. The maximum atomic E-state index is 11.7. The molecule has 4 heteroatoms. The van der Waals surface area contributed by atoms with Crippen LogP contribution in [0.25, 0.3) is 32.8 Å². The third-order valence-electron chi connectivity index (χ3n) is 11.7. The Morgan fingerprint density at radius 3 is 2.12 bits per heavy atom. The molecule has 1 N–H and O–H groups in total. The molecule has 2 saturated carbocycles. The average Bonchev–Trinajstić information content (AvgIpc) is 3.09. The number of carbonyl (C=O) groups excluding carboxylic acids is 1. The first kappa shape index (κ1) is 39.0. The fraction of sp³-hybridized carbons (Fsp3) is 0.511. The molecule has 2 aliphatic rings. The van der Waals surface area contributed by atoms with Gasteiger partial charge in [-0.1, -0.05) is 91.1 Å². The van der Waals surface area contributed by atoms with Crippen LogP contribution in [0.1, 0.15) is 134 Å². The van der Waals surface area contributed by atoms with Crippen LogP contribution in [0, 0.1) is 37.2 Å². The Morgan fingerprint density at radius 1 is 0.837 bits per heavy atom. The number of pyridine rings is 1. The summed E-state index contributed by atoms with van der Waals surface area (Å²) in [4.78, 5) is 16.5. The fourth-order valence-electron chi connectivity index (χ4n) is 8.65. The van der Waals surface area contributed by atoms with Crippen molar-refractivity contribution in [3.05, 3.63) is 89.3 Å². The zero-order chi connectivity index (χ0) is 34.3. The van der Waals surface area contributed by atoms with Gasteiger partial charge in [-0.2, -0.15) is 0 Å². The second-order valence-corrected chi connectivity index (χ2v) is 14.9. The van der Waals surface area contributed by atoms with Crippen LogP contribution in [0.15, 0.2) is 66.6 Å². The topological polar surface area (TPSA) is 50.2 Å². The summed E-state index contributed by atoms with van der Waals surface area (Å²) in [6.07, 6.45) is 19.8. The molecular weight excluding hydrogens is 779 g/mol. The number of nitrogens with zero attached hydrogens (tertiary/aromatic N) is 1. The molecule has 1 aromatic heterocycles. The molecule has 3 nitrogen and oxygen atoms in total.